The van der Waals surface area contributed by atoms with Crippen LogP contribution >= 0.6 is 15.9 Å². The number of aromatic nitrogens is 2. The third-order valence-electron chi connectivity index (χ3n) is 4.60. The molecular formula is C22H20BrN3O2S. The van der Waals surface area contributed by atoms with Gasteiger partial charge in [0.05, 0.1) is 17.3 Å². The van der Waals surface area contributed by atoms with Crippen molar-refractivity contribution in [3.05, 3.63) is 82.3 Å². The highest BCUT2D eigenvalue weighted by atomic mass is 79.9. The number of hydrogen-bond donors (Lipinski definition) is 1. The lowest BCUT2D eigenvalue weighted by atomic mass is 10.1. The number of aryl methyl sites for hydroxylation is 1. The molecule has 0 spiro atoms. The van der Waals surface area contributed by atoms with Crippen molar-refractivity contribution in [1.82, 2.24) is 9.55 Å². The maximum Gasteiger partial charge on any atom is 0.229 e. The van der Waals surface area contributed by atoms with E-state index in [-0.39, 0.29) is 0 Å². The summed E-state index contributed by atoms with van der Waals surface area (Å²) in [4.78, 5) is 4.85. The summed E-state index contributed by atoms with van der Waals surface area (Å²) in [6.07, 6.45) is 1.14. The van der Waals surface area contributed by atoms with Crippen LogP contribution in [0.25, 0.3) is 22.4 Å². The molecule has 0 aliphatic rings. The van der Waals surface area contributed by atoms with Crippen LogP contribution in [0.3, 0.4) is 0 Å². The minimum Gasteiger partial charge on any atom is -0.319 e. The zero-order chi connectivity index (χ0) is 20.6. The van der Waals surface area contributed by atoms with E-state index in [1.807, 2.05) is 36.4 Å². The van der Waals surface area contributed by atoms with E-state index in [0.717, 1.165) is 33.1 Å². The highest BCUT2D eigenvalue weighted by Crippen LogP contribution is 2.29. The summed E-state index contributed by atoms with van der Waals surface area (Å²) in [7, 11) is -3.35. The molecule has 0 unspecified atom stereocenters. The van der Waals surface area contributed by atoms with Crippen molar-refractivity contribution in [2.75, 3.05) is 11.0 Å². The average molecular weight is 470 g/mol. The standard InChI is InChI=1S/C22H20BrN3O2S/c1-15-6-8-16(9-7-15)14-26-21-11-10-18(23)13-20(21)24-22(26)17-4-3-5-19(12-17)25-29(2,27)28/h3-13,25H,14H2,1-2H3. The Hall–Kier alpha value is -2.64. The predicted molar refractivity (Wildman–Crippen MR) is 122 cm³/mol. The van der Waals surface area contributed by atoms with E-state index in [9.17, 15) is 8.42 Å². The molecule has 5 nitrogen and oxygen atoms in total. The first-order chi connectivity index (χ1) is 13.8. The van der Waals surface area contributed by atoms with E-state index in [1.165, 1.54) is 11.1 Å². The normalized spacial score (nSPS) is 11.7. The van der Waals surface area contributed by atoms with E-state index >= 15 is 0 Å². The fourth-order valence-electron chi connectivity index (χ4n) is 3.30. The lowest BCUT2D eigenvalue weighted by Crippen LogP contribution is -2.09. The van der Waals surface area contributed by atoms with Crippen molar-refractivity contribution < 1.29 is 8.42 Å². The van der Waals surface area contributed by atoms with Gasteiger partial charge < -0.3 is 4.57 Å². The third kappa shape index (κ3) is 4.52. The van der Waals surface area contributed by atoms with Gasteiger partial charge in [0, 0.05) is 22.3 Å². The topological polar surface area (TPSA) is 64.0 Å². The molecule has 1 aromatic heterocycles. The zero-order valence-electron chi connectivity index (χ0n) is 16.1. The maximum atomic E-state index is 11.6. The van der Waals surface area contributed by atoms with Gasteiger partial charge in [0.2, 0.25) is 10.0 Å². The summed E-state index contributed by atoms with van der Waals surface area (Å²) in [5, 5.41) is 0. The Morgan fingerprint density at radius 3 is 2.52 bits per heavy atom. The van der Waals surface area contributed by atoms with Crippen LogP contribution in [-0.4, -0.2) is 24.2 Å². The van der Waals surface area contributed by atoms with Crippen LogP contribution in [0.1, 0.15) is 11.1 Å². The first kappa shape index (κ1) is 19.7. The first-order valence-corrected chi connectivity index (χ1v) is 11.8. The van der Waals surface area contributed by atoms with Crippen LogP contribution in [0, 0.1) is 6.92 Å². The largest absolute Gasteiger partial charge is 0.319 e. The van der Waals surface area contributed by atoms with E-state index in [2.05, 4.69) is 56.4 Å². The smallest absolute Gasteiger partial charge is 0.229 e. The van der Waals surface area contributed by atoms with Crippen molar-refractivity contribution in [2.45, 2.75) is 13.5 Å². The van der Waals surface area contributed by atoms with Crippen molar-refractivity contribution in [3.8, 4) is 11.4 Å². The second-order valence-corrected chi connectivity index (χ2v) is 9.76. The number of sulfonamides is 1. The molecule has 0 aliphatic heterocycles. The number of nitrogens with zero attached hydrogens (tertiary/aromatic N) is 2. The van der Waals surface area contributed by atoms with Crippen LogP contribution in [-0.2, 0) is 16.6 Å². The van der Waals surface area contributed by atoms with Gasteiger partial charge in [-0.15, -0.1) is 0 Å². The van der Waals surface area contributed by atoms with E-state index < -0.39 is 10.0 Å². The van der Waals surface area contributed by atoms with E-state index in [4.69, 9.17) is 4.98 Å². The number of rotatable bonds is 5. The Bertz CT molecular complexity index is 1300. The molecule has 0 saturated heterocycles. The SMILES string of the molecule is Cc1ccc(Cn2c(-c3cccc(NS(C)(=O)=O)c3)nc3cc(Br)ccc32)cc1. The fraction of sp³-hybridized carbons (Fsp3) is 0.136. The molecule has 1 N–H and O–H groups in total. The molecule has 0 amide bonds. The lowest BCUT2D eigenvalue weighted by molar-refractivity contribution is 0.607. The number of halogens is 1. The molecule has 0 saturated carbocycles. The zero-order valence-corrected chi connectivity index (χ0v) is 18.5. The Morgan fingerprint density at radius 1 is 1.03 bits per heavy atom. The van der Waals surface area contributed by atoms with Gasteiger partial charge in [-0.25, -0.2) is 13.4 Å². The second kappa shape index (κ2) is 7.65. The number of fused-ring (bicyclic) bond motifs is 1. The molecule has 29 heavy (non-hydrogen) atoms. The van der Waals surface area contributed by atoms with Gasteiger partial charge in [-0.3, -0.25) is 4.72 Å². The fourth-order valence-corrected chi connectivity index (χ4v) is 4.20. The molecule has 0 atom stereocenters. The lowest BCUT2D eigenvalue weighted by Gasteiger charge is -2.11. The highest BCUT2D eigenvalue weighted by Gasteiger charge is 2.14. The molecule has 4 rings (SSSR count). The van der Waals surface area contributed by atoms with Crippen molar-refractivity contribution >= 4 is 42.7 Å². The van der Waals surface area contributed by atoms with Crippen LogP contribution in [0.5, 0.6) is 0 Å². The Labute approximate surface area is 178 Å². The summed E-state index contributed by atoms with van der Waals surface area (Å²) in [5.74, 6) is 0.788. The molecule has 0 aliphatic carbocycles. The number of benzene rings is 3. The molecule has 1 heterocycles. The minimum atomic E-state index is -3.35. The van der Waals surface area contributed by atoms with Gasteiger partial charge in [0.1, 0.15) is 5.82 Å². The molecule has 0 fully saturated rings. The summed E-state index contributed by atoms with van der Waals surface area (Å²) < 4.78 is 28.9. The number of nitrogens with one attached hydrogen (secondary N) is 1. The van der Waals surface area contributed by atoms with Crippen molar-refractivity contribution in [3.63, 3.8) is 0 Å². The van der Waals surface area contributed by atoms with Gasteiger partial charge in [-0.05, 0) is 42.8 Å². The van der Waals surface area contributed by atoms with Gasteiger partial charge >= 0.3 is 0 Å². The van der Waals surface area contributed by atoms with Crippen LogP contribution in [0.2, 0.25) is 0 Å². The molecule has 7 heteroatoms. The van der Waals surface area contributed by atoms with Crippen LogP contribution < -0.4 is 4.72 Å². The number of imidazole rings is 1. The van der Waals surface area contributed by atoms with Crippen molar-refractivity contribution in [2.24, 2.45) is 0 Å². The Balaban J connectivity index is 1.85. The molecule has 0 bridgehead atoms. The van der Waals surface area contributed by atoms with E-state index in [1.54, 1.807) is 6.07 Å². The summed E-state index contributed by atoms with van der Waals surface area (Å²) in [6.45, 7) is 2.73. The summed E-state index contributed by atoms with van der Waals surface area (Å²) in [5.41, 5.74) is 5.64. The van der Waals surface area contributed by atoms with Crippen LogP contribution in [0.4, 0.5) is 5.69 Å². The van der Waals surface area contributed by atoms with Gasteiger partial charge in [0.25, 0.3) is 0 Å². The third-order valence-corrected chi connectivity index (χ3v) is 5.70. The molecule has 4 aromatic rings. The van der Waals surface area contributed by atoms with Gasteiger partial charge in [-0.1, -0.05) is 57.9 Å². The molecule has 148 valence electrons. The number of anilines is 1. The Kier molecular flexibility index (Phi) is 5.19. The first-order valence-electron chi connectivity index (χ1n) is 9.08. The van der Waals surface area contributed by atoms with E-state index in [0.29, 0.717) is 12.2 Å². The molecule has 3 aromatic carbocycles. The highest BCUT2D eigenvalue weighted by molar-refractivity contribution is 9.10. The molecule has 0 radical (unpaired) electrons. The van der Waals surface area contributed by atoms with Gasteiger partial charge in [-0.2, -0.15) is 0 Å². The van der Waals surface area contributed by atoms with Crippen molar-refractivity contribution in [1.29, 1.82) is 0 Å². The predicted octanol–water partition coefficient (Wildman–Crippen LogP) is 5.19. The second-order valence-electron chi connectivity index (χ2n) is 7.10. The monoisotopic (exact) mass is 469 g/mol. The quantitative estimate of drug-likeness (QED) is 0.437. The minimum absolute atomic E-state index is 0.514. The summed E-state index contributed by atoms with van der Waals surface area (Å²) >= 11 is 3.52. The average Bonchev–Trinajstić information content (AvgIpc) is 3.00. The number of hydrogen-bond acceptors (Lipinski definition) is 3. The maximum absolute atomic E-state index is 11.6. The molecular weight excluding hydrogens is 450 g/mol. The van der Waals surface area contributed by atoms with Crippen LogP contribution in [0.15, 0.2) is 71.2 Å². The summed E-state index contributed by atoms with van der Waals surface area (Å²) in [6, 6.07) is 21.8. The Morgan fingerprint density at radius 2 is 1.79 bits per heavy atom. The van der Waals surface area contributed by atoms with Gasteiger partial charge in [0.15, 0.2) is 0 Å².